The molecule has 0 aliphatic heterocycles. The van der Waals surface area contributed by atoms with Crippen LogP contribution in [0.2, 0.25) is 0 Å². The fraction of sp³-hybridized carbons (Fsp3) is 0.467. The third kappa shape index (κ3) is 2.27. The van der Waals surface area contributed by atoms with Gasteiger partial charge in [0, 0.05) is 11.6 Å². The van der Waals surface area contributed by atoms with Crippen LogP contribution in [-0.4, -0.2) is 6.04 Å². The molecule has 0 radical (unpaired) electrons. The van der Waals surface area contributed by atoms with Crippen LogP contribution in [0.5, 0.6) is 0 Å². The van der Waals surface area contributed by atoms with Crippen molar-refractivity contribution in [3.63, 3.8) is 0 Å². The van der Waals surface area contributed by atoms with Crippen molar-refractivity contribution in [1.82, 2.24) is 5.32 Å². The van der Waals surface area contributed by atoms with Crippen LogP contribution in [0.25, 0.3) is 11.0 Å². The van der Waals surface area contributed by atoms with Crippen LogP contribution in [0.15, 0.2) is 16.5 Å². The molecule has 3 heteroatoms. The minimum Gasteiger partial charge on any atom is -0.459 e. The molecule has 0 bridgehead atoms. The molecule has 0 atom stereocenters. The van der Waals surface area contributed by atoms with Crippen molar-refractivity contribution in [2.45, 2.75) is 46.7 Å². The highest BCUT2D eigenvalue weighted by atomic mass is 19.1. The summed E-state index contributed by atoms with van der Waals surface area (Å²) in [6.45, 7) is 8.80. The molecule has 0 saturated heterocycles. The largest absolute Gasteiger partial charge is 0.459 e. The number of nitrogens with one attached hydrogen (secondary N) is 1. The Bertz CT molecular complexity index is 557. The molecule has 2 rings (SSSR count). The van der Waals surface area contributed by atoms with Crippen molar-refractivity contribution in [2.24, 2.45) is 0 Å². The molecule has 0 aliphatic rings. The highest BCUT2D eigenvalue weighted by Crippen LogP contribution is 2.31. The summed E-state index contributed by atoms with van der Waals surface area (Å²) in [6, 6.07) is 3.67. The van der Waals surface area contributed by atoms with E-state index < -0.39 is 0 Å². The second-order valence-corrected chi connectivity index (χ2v) is 4.96. The second kappa shape index (κ2) is 5.11. The Labute approximate surface area is 107 Å². The van der Waals surface area contributed by atoms with Gasteiger partial charge in [0.1, 0.15) is 17.2 Å². The lowest BCUT2D eigenvalue weighted by atomic mass is 10.1. The van der Waals surface area contributed by atoms with Crippen molar-refractivity contribution in [1.29, 1.82) is 0 Å². The van der Waals surface area contributed by atoms with Crippen LogP contribution in [0.1, 0.15) is 37.7 Å². The Morgan fingerprint density at radius 2 is 2.06 bits per heavy atom. The number of fused-ring (bicyclic) bond motifs is 1. The number of rotatable bonds is 4. The van der Waals surface area contributed by atoms with Gasteiger partial charge in [0.05, 0.1) is 11.9 Å². The lowest BCUT2D eigenvalue weighted by Gasteiger charge is -2.06. The van der Waals surface area contributed by atoms with Gasteiger partial charge in [0.2, 0.25) is 0 Å². The quantitative estimate of drug-likeness (QED) is 0.887. The molecule has 1 aromatic heterocycles. The van der Waals surface area contributed by atoms with E-state index in [0.717, 1.165) is 23.3 Å². The Kier molecular flexibility index (Phi) is 3.71. The smallest absolute Gasteiger partial charge is 0.140 e. The Morgan fingerprint density at radius 3 is 2.67 bits per heavy atom. The first kappa shape index (κ1) is 13.1. The van der Waals surface area contributed by atoms with Crippen molar-refractivity contribution in [3.05, 3.63) is 34.8 Å². The van der Waals surface area contributed by atoms with Crippen LogP contribution in [-0.2, 0) is 13.0 Å². The molecule has 0 saturated carbocycles. The summed E-state index contributed by atoms with van der Waals surface area (Å²) in [4.78, 5) is 0. The van der Waals surface area contributed by atoms with E-state index in [1.165, 1.54) is 6.07 Å². The summed E-state index contributed by atoms with van der Waals surface area (Å²) >= 11 is 0. The number of aryl methyl sites for hydroxylation is 2. The van der Waals surface area contributed by atoms with Crippen LogP contribution < -0.4 is 5.32 Å². The van der Waals surface area contributed by atoms with E-state index in [9.17, 15) is 4.39 Å². The fourth-order valence-corrected chi connectivity index (χ4v) is 2.21. The van der Waals surface area contributed by atoms with E-state index in [1.807, 2.05) is 13.8 Å². The van der Waals surface area contributed by atoms with Gasteiger partial charge in [0.15, 0.2) is 0 Å². The van der Waals surface area contributed by atoms with Gasteiger partial charge in [-0.1, -0.05) is 26.8 Å². The summed E-state index contributed by atoms with van der Waals surface area (Å²) in [5, 5.41) is 3.97. The van der Waals surface area contributed by atoms with E-state index in [-0.39, 0.29) is 5.82 Å². The van der Waals surface area contributed by atoms with E-state index in [2.05, 4.69) is 19.2 Å². The molecule has 0 unspecified atom stereocenters. The maximum Gasteiger partial charge on any atom is 0.140 e. The number of halogens is 1. The zero-order valence-electron chi connectivity index (χ0n) is 11.4. The predicted octanol–water partition coefficient (Wildman–Crippen LogP) is 3.94. The standard InChI is InChI=1S/C15H20FNO/c1-5-11-13(8-17-9(2)3)18-15-10(4)6-7-12(16)14(11)15/h6-7,9,17H,5,8H2,1-4H3. The third-order valence-electron chi connectivity index (χ3n) is 3.19. The predicted molar refractivity (Wildman–Crippen MR) is 72.3 cm³/mol. The summed E-state index contributed by atoms with van der Waals surface area (Å²) in [6.07, 6.45) is 0.780. The molecule has 2 aromatic rings. The SMILES string of the molecule is CCc1c(CNC(C)C)oc2c(C)ccc(F)c12. The van der Waals surface area contributed by atoms with Gasteiger partial charge < -0.3 is 9.73 Å². The molecule has 0 aliphatic carbocycles. The Hall–Kier alpha value is -1.35. The normalized spacial score (nSPS) is 11.7. The minimum atomic E-state index is -0.188. The molecule has 0 spiro atoms. The van der Waals surface area contributed by atoms with E-state index in [1.54, 1.807) is 6.07 Å². The molecule has 1 N–H and O–H groups in total. The molecule has 98 valence electrons. The Balaban J connectivity index is 2.54. The van der Waals surface area contributed by atoms with Gasteiger partial charge in [-0.15, -0.1) is 0 Å². The molecular formula is C15H20FNO. The molecule has 0 amide bonds. The van der Waals surface area contributed by atoms with E-state index in [4.69, 9.17) is 4.42 Å². The first-order valence-electron chi connectivity index (χ1n) is 6.47. The summed E-state index contributed by atoms with van der Waals surface area (Å²) in [5.74, 6) is 0.668. The van der Waals surface area contributed by atoms with E-state index in [0.29, 0.717) is 23.6 Å². The van der Waals surface area contributed by atoms with Crippen LogP contribution >= 0.6 is 0 Å². The van der Waals surface area contributed by atoms with E-state index >= 15 is 0 Å². The number of hydrogen-bond acceptors (Lipinski definition) is 2. The maximum absolute atomic E-state index is 13.9. The zero-order chi connectivity index (χ0) is 13.3. The zero-order valence-corrected chi connectivity index (χ0v) is 11.4. The molecule has 18 heavy (non-hydrogen) atoms. The lowest BCUT2D eigenvalue weighted by molar-refractivity contribution is 0.483. The lowest BCUT2D eigenvalue weighted by Crippen LogP contribution is -2.22. The first-order chi connectivity index (χ1) is 8.54. The highest BCUT2D eigenvalue weighted by Gasteiger charge is 2.17. The topological polar surface area (TPSA) is 25.2 Å². The van der Waals surface area contributed by atoms with Gasteiger partial charge >= 0.3 is 0 Å². The average Bonchev–Trinajstić information content (AvgIpc) is 2.71. The monoisotopic (exact) mass is 249 g/mol. The molecular weight excluding hydrogens is 229 g/mol. The second-order valence-electron chi connectivity index (χ2n) is 4.96. The van der Waals surface area contributed by atoms with Crippen LogP contribution in [0, 0.1) is 12.7 Å². The fourth-order valence-electron chi connectivity index (χ4n) is 2.21. The summed E-state index contributed by atoms with van der Waals surface area (Å²) < 4.78 is 19.8. The first-order valence-corrected chi connectivity index (χ1v) is 6.47. The van der Waals surface area contributed by atoms with Crippen LogP contribution in [0.3, 0.4) is 0 Å². The van der Waals surface area contributed by atoms with Crippen molar-refractivity contribution < 1.29 is 8.81 Å². The van der Waals surface area contributed by atoms with Gasteiger partial charge in [-0.25, -0.2) is 4.39 Å². The number of hydrogen-bond donors (Lipinski definition) is 1. The van der Waals surface area contributed by atoms with Crippen molar-refractivity contribution in [3.8, 4) is 0 Å². The molecule has 1 heterocycles. The number of furan rings is 1. The van der Waals surface area contributed by atoms with Gasteiger partial charge in [-0.2, -0.15) is 0 Å². The van der Waals surface area contributed by atoms with Gasteiger partial charge in [0.25, 0.3) is 0 Å². The maximum atomic E-state index is 13.9. The Morgan fingerprint density at radius 1 is 1.33 bits per heavy atom. The van der Waals surface area contributed by atoms with Crippen molar-refractivity contribution >= 4 is 11.0 Å². The third-order valence-corrected chi connectivity index (χ3v) is 3.19. The van der Waals surface area contributed by atoms with Gasteiger partial charge in [-0.3, -0.25) is 0 Å². The summed E-state index contributed by atoms with van der Waals surface area (Å²) in [7, 11) is 0. The van der Waals surface area contributed by atoms with Gasteiger partial charge in [-0.05, 0) is 25.0 Å². The molecule has 2 nitrogen and oxygen atoms in total. The van der Waals surface area contributed by atoms with Crippen LogP contribution in [0.4, 0.5) is 4.39 Å². The van der Waals surface area contributed by atoms with Crippen molar-refractivity contribution in [2.75, 3.05) is 0 Å². The molecule has 1 aromatic carbocycles. The summed E-state index contributed by atoms with van der Waals surface area (Å²) in [5.41, 5.74) is 2.66. The average molecular weight is 249 g/mol. The highest BCUT2D eigenvalue weighted by molar-refractivity contribution is 5.85. The number of benzene rings is 1. The molecule has 0 fully saturated rings. The minimum absolute atomic E-state index is 0.188.